The largest absolute Gasteiger partial charge is 0.362 e. The van der Waals surface area contributed by atoms with E-state index in [2.05, 4.69) is 22.3 Å². The number of benzene rings is 4. The highest BCUT2D eigenvalue weighted by Crippen LogP contribution is 2.35. The predicted molar refractivity (Wildman–Crippen MR) is 189 cm³/mol. The third-order valence-electron chi connectivity index (χ3n) is 9.56. The van der Waals surface area contributed by atoms with Gasteiger partial charge in [0.2, 0.25) is 0 Å². The van der Waals surface area contributed by atoms with Gasteiger partial charge in [0.05, 0.1) is 11.1 Å². The van der Waals surface area contributed by atoms with Gasteiger partial charge < -0.3 is 10.2 Å². The molecule has 46 heavy (non-hydrogen) atoms. The quantitative estimate of drug-likeness (QED) is 0.142. The molecule has 0 radical (unpaired) electrons. The van der Waals surface area contributed by atoms with Crippen LogP contribution in [0.4, 0.5) is 11.5 Å². The lowest BCUT2D eigenvalue weighted by molar-refractivity contribution is 0.0959. The SMILES string of the molecule is CN(C)c1nc(CCCC2CCC(CCCC(=O)c3ccccc3C(=O)Nc3cccc4ccccc34)CC2)nc2ccccc12. The van der Waals surface area contributed by atoms with Crippen LogP contribution >= 0.6 is 0 Å². The molecule has 5 aromatic rings. The van der Waals surface area contributed by atoms with Gasteiger partial charge in [0.1, 0.15) is 11.6 Å². The summed E-state index contributed by atoms with van der Waals surface area (Å²) < 4.78 is 0. The van der Waals surface area contributed by atoms with Crippen molar-refractivity contribution in [2.45, 2.75) is 64.2 Å². The second kappa shape index (κ2) is 14.7. The topological polar surface area (TPSA) is 75.2 Å². The van der Waals surface area contributed by atoms with E-state index in [9.17, 15) is 9.59 Å². The smallest absolute Gasteiger partial charge is 0.256 e. The lowest BCUT2D eigenvalue weighted by Crippen LogP contribution is -2.17. The molecule has 6 rings (SSSR count). The zero-order valence-electron chi connectivity index (χ0n) is 27.0. The Labute approximate surface area is 272 Å². The number of aromatic nitrogens is 2. The van der Waals surface area contributed by atoms with Gasteiger partial charge in [-0.3, -0.25) is 9.59 Å². The van der Waals surface area contributed by atoms with Crippen molar-refractivity contribution >= 4 is 44.9 Å². The average Bonchev–Trinajstić information content (AvgIpc) is 3.08. The zero-order valence-corrected chi connectivity index (χ0v) is 27.0. The van der Waals surface area contributed by atoms with Crippen molar-refractivity contribution in [1.82, 2.24) is 9.97 Å². The maximum absolute atomic E-state index is 13.3. The van der Waals surface area contributed by atoms with E-state index < -0.39 is 0 Å². The molecule has 1 N–H and O–H groups in total. The number of carbonyl (C=O) groups excluding carboxylic acids is 2. The van der Waals surface area contributed by atoms with Crippen LogP contribution in [0.3, 0.4) is 0 Å². The molecule has 1 fully saturated rings. The van der Waals surface area contributed by atoms with Gasteiger partial charge in [0.25, 0.3) is 5.91 Å². The summed E-state index contributed by atoms with van der Waals surface area (Å²) in [5.41, 5.74) is 2.72. The molecule has 0 spiro atoms. The van der Waals surface area contributed by atoms with Crippen molar-refractivity contribution in [2.24, 2.45) is 11.8 Å². The average molecular weight is 613 g/mol. The van der Waals surface area contributed by atoms with Crippen molar-refractivity contribution in [2.75, 3.05) is 24.3 Å². The minimum absolute atomic E-state index is 0.0469. The Balaban J connectivity index is 0.952. The second-order valence-electron chi connectivity index (χ2n) is 13.0. The standard InChI is InChI=1S/C40H44N4O2/c1-44(2)39-34-19-7-8-20-36(34)41-38(43-39)23-10-13-29-26-24-28(25-27-29)12-9-22-37(45)32-17-5-6-18-33(32)40(46)42-35-21-11-15-30-14-3-4-16-31(30)35/h3-8,11,14-21,28-29H,9-10,12-13,22-27H2,1-2H3,(H,42,46). The van der Waals surface area contributed by atoms with Crippen molar-refractivity contribution in [3.63, 3.8) is 0 Å². The van der Waals surface area contributed by atoms with E-state index in [1.54, 1.807) is 12.1 Å². The summed E-state index contributed by atoms with van der Waals surface area (Å²) in [5.74, 6) is 3.18. The summed E-state index contributed by atoms with van der Waals surface area (Å²) in [4.78, 5) is 38.4. The number of amides is 1. The normalized spacial score (nSPS) is 16.4. The number of hydrogen-bond donors (Lipinski definition) is 1. The molecule has 0 aliphatic heterocycles. The third kappa shape index (κ3) is 7.44. The summed E-state index contributed by atoms with van der Waals surface area (Å²) >= 11 is 0. The number of para-hydroxylation sites is 1. The van der Waals surface area contributed by atoms with E-state index in [-0.39, 0.29) is 11.7 Å². The number of anilines is 2. The lowest BCUT2D eigenvalue weighted by atomic mass is 9.78. The van der Waals surface area contributed by atoms with Gasteiger partial charge in [-0.15, -0.1) is 0 Å². The van der Waals surface area contributed by atoms with Gasteiger partial charge in [0.15, 0.2) is 5.78 Å². The minimum Gasteiger partial charge on any atom is -0.362 e. The summed E-state index contributed by atoms with van der Waals surface area (Å²) in [6.45, 7) is 0. The minimum atomic E-state index is -0.246. The molecule has 4 aromatic carbocycles. The van der Waals surface area contributed by atoms with Crippen molar-refractivity contribution in [3.05, 3.63) is 108 Å². The Morgan fingerprint density at radius 3 is 2.11 bits per heavy atom. The molecule has 0 atom stereocenters. The fraction of sp³-hybridized carbons (Fsp3) is 0.350. The van der Waals surface area contributed by atoms with E-state index in [4.69, 9.17) is 9.97 Å². The maximum Gasteiger partial charge on any atom is 0.256 e. The first-order valence-corrected chi connectivity index (χ1v) is 16.8. The first-order valence-electron chi connectivity index (χ1n) is 16.8. The maximum atomic E-state index is 13.3. The molecule has 1 amide bonds. The first kappa shape index (κ1) is 31.4. The molecule has 0 saturated heterocycles. The Morgan fingerprint density at radius 1 is 0.717 bits per heavy atom. The van der Waals surface area contributed by atoms with E-state index in [0.29, 0.717) is 23.5 Å². The van der Waals surface area contributed by atoms with Crippen LogP contribution < -0.4 is 10.2 Å². The molecule has 0 unspecified atom stereocenters. The van der Waals surface area contributed by atoms with Gasteiger partial charge in [-0.25, -0.2) is 9.97 Å². The molecule has 0 bridgehead atoms. The van der Waals surface area contributed by atoms with Crippen LogP contribution in [0.5, 0.6) is 0 Å². The molecular formula is C40H44N4O2. The third-order valence-corrected chi connectivity index (χ3v) is 9.56. The summed E-state index contributed by atoms with van der Waals surface area (Å²) in [7, 11) is 4.08. The number of hydrogen-bond acceptors (Lipinski definition) is 5. The van der Waals surface area contributed by atoms with Crippen LogP contribution in [0.2, 0.25) is 0 Å². The number of rotatable bonds is 12. The van der Waals surface area contributed by atoms with Gasteiger partial charge in [-0.05, 0) is 54.3 Å². The molecule has 6 heteroatoms. The Hall–Kier alpha value is -4.58. The highest BCUT2D eigenvalue weighted by atomic mass is 16.2. The molecule has 1 aliphatic carbocycles. The van der Waals surface area contributed by atoms with Crippen molar-refractivity contribution in [1.29, 1.82) is 0 Å². The molecule has 1 aliphatic rings. The van der Waals surface area contributed by atoms with Gasteiger partial charge in [-0.2, -0.15) is 0 Å². The highest BCUT2D eigenvalue weighted by molar-refractivity contribution is 6.14. The van der Waals surface area contributed by atoms with Crippen molar-refractivity contribution < 1.29 is 9.59 Å². The lowest BCUT2D eigenvalue weighted by Gasteiger charge is -2.28. The van der Waals surface area contributed by atoms with E-state index in [1.165, 1.54) is 32.1 Å². The van der Waals surface area contributed by atoms with Crippen molar-refractivity contribution in [3.8, 4) is 0 Å². The number of carbonyl (C=O) groups is 2. The number of aryl methyl sites for hydroxylation is 1. The van der Waals surface area contributed by atoms with E-state index in [0.717, 1.165) is 70.6 Å². The summed E-state index contributed by atoms with van der Waals surface area (Å²) in [6.07, 6.45) is 10.6. The van der Waals surface area contributed by atoms with E-state index in [1.807, 2.05) is 80.8 Å². The molecule has 1 saturated carbocycles. The number of nitrogens with zero attached hydrogens (tertiary/aromatic N) is 3. The Morgan fingerprint density at radius 2 is 1.35 bits per heavy atom. The molecule has 1 aromatic heterocycles. The second-order valence-corrected chi connectivity index (χ2v) is 13.0. The van der Waals surface area contributed by atoms with Gasteiger partial charge in [-0.1, -0.05) is 105 Å². The Bertz CT molecular complexity index is 1820. The number of ketones is 1. The molecular weight excluding hydrogens is 568 g/mol. The number of Topliss-reactive ketones (excluding diaryl/α,β-unsaturated/α-hetero) is 1. The van der Waals surface area contributed by atoms with Crippen LogP contribution in [-0.2, 0) is 6.42 Å². The highest BCUT2D eigenvalue weighted by Gasteiger charge is 2.22. The first-order chi connectivity index (χ1) is 22.5. The fourth-order valence-electron chi connectivity index (χ4n) is 7.05. The Kier molecular flexibility index (Phi) is 10.0. The predicted octanol–water partition coefficient (Wildman–Crippen LogP) is 9.28. The zero-order chi connectivity index (χ0) is 31.9. The van der Waals surface area contributed by atoms with E-state index >= 15 is 0 Å². The monoisotopic (exact) mass is 612 g/mol. The van der Waals surface area contributed by atoms with Crippen LogP contribution in [-0.4, -0.2) is 35.8 Å². The molecule has 6 nitrogen and oxygen atoms in total. The van der Waals surface area contributed by atoms with Crippen LogP contribution in [0.1, 0.15) is 84.3 Å². The van der Waals surface area contributed by atoms with Crippen LogP contribution in [0.15, 0.2) is 91.0 Å². The van der Waals surface area contributed by atoms with Gasteiger partial charge >= 0.3 is 0 Å². The van der Waals surface area contributed by atoms with Gasteiger partial charge in [0, 0.05) is 49.0 Å². The summed E-state index contributed by atoms with van der Waals surface area (Å²) in [5, 5.41) is 6.19. The van der Waals surface area contributed by atoms with Crippen LogP contribution in [0, 0.1) is 11.8 Å². The number of nitrogens with one attached hydrogen (secondary N) is 1. The molecule has 1 heterocycles. The number of fused-ring (bicyclic) bond motifs is 2. The summed E-state index contributed by atoms with van der Waals surface area (Å²) in [6, 6.07) is 29.3. The van der Waals surface area contributed by atoms with Crippen LogP contribution in [0.25, 0.3) is 21.7 Å². The molecule has 236 valence electrons. The fourth-order valence-corrected chi connectivity index (χ4v) is 7.05.